The van der Waals surface area contributed by atoms with Crippen LogP contribution in [0, 0.1) is 0 Å². The van der Waals surface area contributed by atoms with Crippen molar-refractivity contribution in [2.24, 2.45) is 0 Å². The Morgan fingerprint density at radius 3 is 1.00 bits per heavy atom. The van der Waals surface area contributed by atoms with Gasteiger partial charge in [0.2, 0.25) is 10.9 Å². The highest BCUT2D eigenvalue weighted by molar-refractivity contribution is 6.00. The molecule has 0 bridgehead atoms. The fourth-order valence-corrected chi connectivity index (χ4v) is 11.5. The molecular weight excluding hydrogens is 1230 g/mol. The lowest BCUT2D eigenvalue weighted by Gasteiger charge is -2.35. The Morgan fingerprint density at radius 2 is 0.624 bits per heavy atom. The van der Waals surface area contributed by atoms with Gasteiger partial charge in [-0.2, -0.15) is 0 Å². The third kappa shape index (κ3) is 10.5. The molecule has 93 heavy (non-hydrogen) atoms. The average molecular weight is 1280 g/mol. The summed E-state index contributed by atoms with van der Waals surface area (Å²) in [7, 11) is 0. The van der Waals surface area contributed by atoms with Gasteiger partial charge in [-0.15, -0.1) is 0 Å². The highest BCUT2D eigenvalue weighted by atomic mass is 16.6. The molecule has 476 valence electrons. The molecule has 9 aromatic rings. The van der Waals surface area contributed by atoms with Crippen molar-refractivity contribution in [3.8, 4) is 121 Å². The Bertz CT molecular complexity index is 4840. The van der Waals surface area contributed by atoms with Gasteiger partial charge in [0.1, 0.15) is 70.1 Å². The van der Waals surface area contributed by atoms with Gasteiger partial charge in [0.05, 0.1) is 27.5 Å². The molecule has 0 amide bonds. The smallest absolute Gasteiger partial charge is 0.338 e. The average Bonchev–Trinajstić information content (AvgIpc) is 1.75. The van der Waals surface area contributed by atoms with Crippen LogP contribution in [0.15, 0.2) is 107 Å². The fraction of sp³-hybridized carbons (Fsp3) is 0.141. The van der Waals surface area contributed by atoms with Crippen LogP contribution in [0.4, 0.5) is 0 Å². The molecule has 0 spiro atoms. The summed E-state index contributed by atoms with van der Waals surface area (Å²) in [5.41, 5.74) is -6.25. The molecule has 3 aliphatic rings. The molecule has 0 fully saturated rings. The number of esters is 3. The quantitative estimate of drug-likeness (QED) is 0.0439. The Balaban J connectivity index is 1.00. The van der Waals surface area contributed by atoms with Crippen LogP contribution < -0.4 is 25.1 Å². The van der Waals surface area contributed by atoms with Crippen LogP contribution in [-0.2, 0) is 33.5 Å². The number of carbonyl (C=O) groups excluding carboxylic acids is 3. The lowest BCUT2D eigenvalue weighted by atomic mass is 9.89. The Kier molecular flexibility index (Phi) is 14.4. The van der Waals surface area contributed by atoms with E-state index >= 15 is 4.79 Å². The summed E-state index contributed by atoms with van der Waals surface area (Å²) >= 11 is 0. The monoisotopic (exact) mass is 1280 g/mol. The Morgan fingerprint density at radius 1 is 0.323 bits per heavy atom. The van der Waals surface area contributed by atoms with E-state index in [9.17, 15) is 111 Å². The number of aromatic hydroxyl groups is 18. The van der Waals surface area contributed by atoms with Gasteiger partial charge in [-0.1, -0.05) is 0 Å². The van der Waals surface area contributed by atoms with Crippen molar-refractivity contribution in [2.45, 2.75) is 55.9 Å². The topological polar surface area (TPSA) is 505 Å². The predicted molar refractivity (Wildman–Crippen MR) is 311 cm³/mol. The summed E-state index contributed by atoms with van der Waals surface area (Å²) in [6, 6.07) is 13.7. The summed E-state index contributed by atoms with van der Waals surface area (Å²) in [6.07, 6.45) is -12.3. The van der Waals surface area contributed by atoms with Gasteiger partial charge in [-0.25, -0.2) is 14.4 Å². The van der Waals surface area contributed by atoms with E-state index in [1.165, 1.54) is 0 Å². The highest BCUT2D eigenvalue weighted by Crippen LogP contribution is 2.51. The highest BCUT2D eigenvalue weighted by Gasteiger charge is 2.43. The van der Waals surface area contributed by atoms with Gasteiger partial charge in [-0.3, -0.25) is 9.59 Å². The first-order valence-corrected chi connectivity index (χ1v) is 27.3. The van der Waals surface area contributed by atoms with Crippen LogP contribution in [0.5, 0.6) is 121 Å². The van der Waals surface area contributed by atoms with Gasteiger partial charge in [0.15, 0.2) is 87.3 Å². The molecule has 18 N–H and O–H groups in total. The predicted octanol–water partition coefficient (Wildman–Crippen LogP) is 6.12. The van der Waals surface area contributed by atoms with Crippen LogP contribution in [0.2, 0.25) is 0 Å². The maximum absolute atomic E-state index is 15.1. The molecular formula is C64H46O29. The third-order valence-electron chi connectivity index (χ3n) is 15.9. The van der Waals surface area contributed by atoms with E-state index in [0.717, 1.165) is 91.0 Å². The number of hydrogen-bond donors (Lipinski definition) is 18. The van der Waals surface area contributed by atoms with Crippen molar-refractivity contribution in [2.75, 3.05) is 0 Å². The largest absolute Gasteiger partial charge is 0.508 e. The first-order chi connectivity index (χ1) is 44.0. The SMILES string of the molecule is O=C(O[C@H]1Cc2c(O)cc(O)cc2O[C@@H]1c1cc(O)c(=O)c2c(O)c(O)cc([C@H]3Oc4cc(O)cc(O)c4C[C@H]3OC(=O)c3cc(O)c(=O)c4c(O)c(O)cc([C@H]5Oc6cc(O)cc(O)c6C[C@H]5OC(=O)c5cc(O)c(O)c(O)c5)c4c3)c2c1)c1cc(O)c(O)c(O)c1. The molecule has 29 heteroatoms. The summed E-state index contributed by atoms with van der Waals surface area (Å²) in [6.45, 7) is 0. The first kappa shape index (κ1) is 60.3. The van der Waals surface area contributed by atoms with Crippen molar-refractivity contribution >= 4 is 39.5 Å². The summed E-state index contributed by atoms with van der Waals surface area (Å²) in [5.74, 6) is -21.2. The fourth-order valence-electron chi connectivity index (χ4n) is 11.5. The van der Waals surface area contributed by atoms with Crippen LogP contribution in [-0.4, -0.2) is 128 Å². The standard InChI is InChI=1S/C64H46O29/c65-24-9-34(68)31-17-48(91-63(86)22-5-37(71)53(79)38(72)6-22)59(88-45(31)12-24)20-1-27-29(15-43(77)57(83)51(27)55(81)41(75)3-20)60-49(18-32-35(69)10-25(66)13-46(32)89-60)92-62(85)21-2-28-30(16-44(78)58(84)52(28)56(82)42(76)4-21)61-50(19-33-36(70)11-26(67)14-47(33)90-61)93-64(87)23-7-39(73)54(80)40(74)8-23/h1-16,48-50,59-61,65-74,77-80,83-84H,17-19H2,(H,75,81)(H,76,82)/t48-,49+,50+,59+,60+,61+/m0/s1. The normalized spacial score (nSPS) is 17.9. The van der Waals surface area contributed by atoms with Crippen molar-refractivity contribution in [3.63, 3.8) is 0 Å². The number of rotatable bonds is 9. The molecule has 6 atom stereocenters. The maximum Gasteiger partial charge on any atom is 0.338 e. The molecule has 12 rings (SSSR count). The van der Waals surface area contributed by atoms with E-state index in [1.807, 2.05) is 0 Å². The maximum atomic E-state index is 15.1. The second-order valence-corrected chi connectivity index (χ2v) is 21.8. The van der Waals surface area contributed by atoms with Crippen molar-refractivity contribution in [3.05, 3.63) is 168 Å². The molecule has 0 aromatic heterocycles. The van der Waals surface area contributed by atoms with Gasteiger partial charge in [-0.05, 0) is 71.4 Å². The van der Waals surface area contributed by atoms with Crippen LogP contribution >= 0.6 is 0 Å². The molecule has 0 unspecified atom stereocenters. The number of fused-ring (bicyclic) bond motifs is 5. The van der Waals surface area contributed by atoms with Crippen LogP contribution in [0.3, 0.4) is 0 Å². The second-order valence-electron chi connectivity index (χ2n) is 21.8. The molecule has 0 aliphatic carbocycles. The third-order valence-corrected chi connectivity index (χ3v) is 15.9. The zero-order chi connectivity index (χ0) is 66.7. The summed E-state index contributed by atoms with van der Waals surface area (Å²) in [5, 5.41) is 192. The lowest BCUT2D eigenvalue weighted by molar-refractivity contribution is -0.0194. The van der Waals surface area contributed by atoms with Gasteiger partial charge in [0.25, 0.3) is 0 Å². The number of benzene rings is 7. The number of carbonyl (C=O) groups is 3. The van der Waals surface area contributed by atoms with E-state index in [4.69, 9.17) is 28.4 Å². The van der Waals surface area contributed by atoms with Crippen molar-refractivity contribution < 1.29 is 135 Å². The molecule has 29 nitrogen and oxygen atoms in total. The molecule has 0 saturated carbocycles. The van der Waals surface area contributed by atoms with E-state index in [0.29, 0.717) is 6.07 Å². The number of phenolic OH excluding ortho intramolecular Hbond substituents is 16. The molecule has 0 radical (unpaired) electrons. The van der Waals surface area contributed by atoms with Crippen molar-refractivity contribution in [1.29, 1.82) is 0 Å². The van der Waals surface area contributed by atoms with E-state index in [-0.39, 0.29) is 39.5 Å². The lowest BCUT2D eigenvalue weighted by Crippen LogP contribution is -2.35. The molecule has 0 saturated heterocycles. The Hall–Kier alpha value is -13.0. The molecule has 3 aliphatic heterocycles. The number of phenols is 16. The van der Waals surface area contributed by atoms with Gasteiger partial charge >= 0.3 is 17.9 Å². The number of ether oxygens (including phenoxy) is 6. The van der Waals surface area contributed by atoms with Crippen LogP contribution in [0.25, 0.3) is 21.5 Å². The molecule has 9 aromatic carbocycles. The van der Waals surface area contributed by atoms with Crippen LogP contribution in [0.1, 0.15) is 82.8 Å². The van der Waals surface area contributed by atoms with E-state index in [1.54, 1.807) is 0 Å². The number of hydrogen-bond acceptors (Lipinski definition) is 29. The zero-order valence-electron chi connectivity index (χ0n) is 46.9. The Labute approximate surface area is 516 Å². The second kappa shape index (κ2) is 22.3. The minimum atomic E-state index is -1.91. The first-order valence-electron chi connectivity index (χ1n) is 27.3. The van der Waals surface area contributed by atoms with Crippen molar-refractivity contribution in [1.82, 2.24) is 0 Å². The minimum Gasteiger partial charge on any atom is -0.508 e. The van der Waals surface area contributed by atoms with E-state index < -0.39 is 238 Å². The van der Waals surface area contributed by atoms with Gasteiger partial charge in [0, 0.05) is 89.0 Å². The molecule has 3 heterocycles. The summed E-state index contributed by atoms with van der Waals surface area (Å²) < 4.78 is 36.6. The minimum absolute atomic E-state index is 0.0611. The zero-order valence-corrected chi connectivity index (χ0v) is 46.9. The summed E-state index contributed by atoms with van der Waals surface area (Å²) in [4.78, 5) is 71.5. The van der Waals surface area contributed by atoms with Gasteiger partial charge < -0.3 is 120 Å². The van der Waals surface area contributed by atoms with E-state index in [2.05, 4.69) is 0 Å².